The average Bonchev–Trinajstić information content (AvgIpc) is 3.47. The van der Waals surface area contributed by atoms with Crippen molar-refractivity contribution in [2.45, 2.75) is 361 Å². The molecule has 0 saturated carbocycles. The minimum Gasteiger partial charge on any atom is -0.462 e. The Morgan fingerprint density at radius 1 is 0.259 bits per heavy atom. The van der Waals surface area contributed by atoms with E-state index < -0.39 is 6.10 Å². The zero-order chi connectivity index (χ0) is 58.5. The molecule has 0 radical (unpaired) electrons. The number of rotatable bonds is 64. The van der Waals surface area contributed by atoms with Gasteiger partial charge in [0.25, 0.3) is 0 Å². The number of carbonyl (C=O) groups excluding carboxylic acids is 3. The molecule has 6 heteroatoms. The van der Waals surface area contributed by atoms with Crippen LogP contribution in [-0.4, -0.2) is 37.2 Å². The lowest BCUT2D eigenvalue weighted by Crippen LogP contribution is -2.30. The van der Waals surface area contributed by atoms with Gasteiger partial charge in [-0.25, -0.2) is 0 Å². The van der Waals surface area contributed by atoms with Crippen molar-refractivity contribution in [3.63, 3.8) is 0 Å². The van der Waals surface area contributed by atoms with Crippen LogP contribution in [-0.2, 0) is 28.6 Å². The first-order chi connectivity index (χ1) is 40.0. The summed E-state index contributed by atoms with van der Waals surface area (Å²) in [6, 6.07) is 0. The van der Waals surface area contributed by atoms with Gasteiger partial charge in [0.2, 0.25) is 0 Å². The minimum atomic E-state index is -0.781. The van der Waals surface area contributed by atoms with E-state index in [0.29, 0.717) is 19.3 Å². The summed E-state index contributed by atoms with van der Waals surface area (Å²) in [4.78, 5) is 38.4. The molecule has 0 fully saturated rings. The van der Waals surface area contributed by atoms with Crippen molar-refractivity contribution >= 4 is 17.9 Å². The highest BCUT2D eigenvalue weighted by molar-refractivity contribution is 5.71. The molecule has 1 unspecified atom stereocenters. The quantitative estimate of drug-likeness (QED) is 0.0261. The van der Waals surface area contributed by atoms with Crippen LogP contribution in [0, 0.1) is 0 Å². The predicted octanol–water partition coefficient (Wildman–Crippen LogP) is 24.2. The maximum atomic E-state index is 12.9. The van der Waals surface area contributed by atoms with E-state index in [2.05, 4.69) is 106 Å². The monoisotopic (exact) mass is 1130 g/mol. The zero-order valence-electron chi connectivity index (χ0n) is 53.8. The number of allylic oxidation sites excluding steroid dienone is 14. The van der Waals surface area contributed by atoms with Gasteiger partial charge in [-0.05, 0) is 89.9 Å². The Morgan fingerprint density at radius 3 is 0.790 bits per heavy atom. The minimum absolute atomic E-state index is 0.0764. The largest absolute Gasteiger partial charge is 0.462 e. The molecule has 6 nitrogen and oxygen atoms in total. The van der Waals surface area contributed by atoms with Crippen LogP contribution in [0.3, 0.4) is 0 Å². The molecule has 0 aromatic rings. The van der Waals surface area contributed by atoms with Crippen molar-refractivity contribution in [1.82, 2.24) is 0 Å². The van der Waals surface area contributed by atoms with Crippen molar-refractivity contribution < 1.29 is 28.6 Å². The molecule has 1 atom stereocenters. The highest BCUT2D eigenvalue weighted by Gasteiger charge is 2.19. The van der Waals surface area contributed by atoms with Gasteiger partial charge < -0.3 is 14.2 Å². The van der Waals surface area contributed by atoms with E-state index >= 15 is 0 Å². The zero-order valence-corrected chi connectivity index (χ0v) is 53.8. The molecule has 0 saturated heterocycles. The Bertz CT molecular complexity index is 1530. The van der Waals surface area contributed by atoms with Crippen LogP contribution in [0.15, 0.2) is 85.1 Å². The Labute approximate surface area is 503 Å². The summed E-state index contributed by atoms with van der Waals surface area (Å²) in [6.07, 6.45) is 91.8. The van der Waals surface area contributed by atoms with Crippen LogP contribution in [0.25, 0.3) is 0 Å². The summed E-state index contributed by atoms with van der Waals surface area (Å²) in [7, 11) is 0. The fourth-order valence-electron chi connectivity index (χ4n) is 10.1. The molecule has 0 aromatic carbocycles. The molecule has 0 spiro atoms. The van der Waals surface area contributed by atoms with E-state index in [-0.39, 0.29) is 31.1 Å². The van der Waals surface area contributed by atoms with E-state index in [0.717, 1.165) is 109 Å². The van der Waals surface area contributed by atoms with Crippen LogP contribution in [0.5, 0.6) is 0 Å². The summed E-state index contributed by atoms with van der Waals surface area (Å²) < 4.78 is 17.0. The number of ether oxygens (including phenoxy) is 3. The molecule has 0 rings (SSSR count). The fourth-order valence-corrected chi connectivity index (χ4v) is 10.1. The third-order valence-electron chi connectivity index (χ3n) is 15.4. The molecule has 0 heterocycles. The lowest BCUT2D eigenvalue weighted by molar-refractivity contribution is -0.167. The molecular weight excluding hydrogens is 997 g/mol. The number of unbranched alkanes of at least 4 members (excludes halogenated alkanes) is 39. The molecule has 0 amide bonds. The molecule has 0 aliphatic carbocycles. The summed E-state index contributed by atoms with van der Waals surface area (Å²) in [5.41, 5.74) is 0. The predicted molar refractivity (Wildman–Crippen MR) is 353 cm³/mol. The van der Waals surface area contributed by atoms with Gasteiger partial charge in [-0.1, -0.05) is 331 Å². The number of esters is 3. The molecule has 0 bridgehead atoms. The van der Waals surface area contributed by atoms with Gasteiger partial charge in [-0.2, -0.15) is 0 Å². The Morgan fingerprint density at radius 2 is 0.494 bits per heavy atom. The van der Waals surface area contributed by atoms with Gasteiger partial charge in [0.05, 0.1) is 0 Å². The molecule has 0 N–H and O–H groups in total. The van der Waals surface area contributed by atoms with Crippen molar-refractivity contribution in [1.29, 1.82) is 0 Å². The first kappa shape index (κ1) is 77.6. The molecule has 0 aliphatic rings. The van der Waals surface area contributed by atoms with Gasteiger partial charge in [0.1, 0.15) is 13.2 Å². The lowest BCUT2D eigenvalue weighted by Gasteiger charge is -2.18. The maximum Gasteiger partial charge on any atom is 0.306 e. The summed E-state index contributed by atoms with van der Waals surface area (Å²) in [6.45, 7) is 6.53. The lowest BCUT2D eigenvalue weighted by atomic mass is 10.0. The topological polar surface area (TPSA) is 78.9 Å². The highest BCUT2D eigenvalue weighted by atomic mass is 16.6. The van der Waals surface area contributed by atoms with Crippen LogP contribution in [0.2, 0.25) is 0 Å². The Kier molecular flexibility index (Phi) is 66.2. The first-order valence-corrected chi connectivity index (χ1v) is 35.1. The van der Waals surface area contributed by atoms with Crippen LogP contribution in [0.4, 0.5) is 0 Å². The van der Waals surface area contributed by atoms with Crippen molar-refractivity contribution in [2.75, 3.05) is 13.2 Å². The van der Waals surface area contributed by atoms with Crippen LogP contribution >= 0.6 is 0 Å². The van der Waals surface area contributed by atoms with Gasteiger partial charge in [-0.3, -0.25) is 14.4 Å². The van der Waals surface area contributed by atoms with E-state index in [1.165, 1.54) is 205 Å². The second-order valence-corrected chi connectivity index (χ2v) is 23.4. The Hall–Kier alpha value is -3.41. The summed E-state index contributed by atoms with van der Waals surface area (Å²) in [5.74, 6) is -0.870. The summed E-state index contributed by atoms with van der Waals surface area (Å²) >= 11 is 0. The van der Waals surface area contributed by atoms with Gasteiger partial charge >= 0.3 is 17.9 Å². The van der Waals surface area contributed by atoms with Crippen molar-refractivity contribution in [3.05, 3.63) is 85.1 Å². The van der Waals surface area contributed by atoms with Gasteiger partial charge in [-0.15, -0.1) is 0 Å². The van der Waals surface area contributed by atoms with E-state index in [9.17, 15) is 14.4 Å². The molecule has 468 valence electrons. The van der Waals surface area contributed by atoms with Crippen molar-refractivity contribution in [3.8, 4) is 0 Å². The molecule has 0 aliphatic heterocycles. The highest BCUT2D eigenvalue weighted by Crippen LogP contribution is 2.18. The number of hydrogen-bond acceptors (Lipinski definition) is 6. The van der Waals surface area contributed by atoms with Gasteiger partial charge in [0.15, 0.2) is 6.10 Å². The maximum absolute atomic E-state index is 12.9. The second kappa shape index (κ2) is 69.1. The van der Waals surface area contributed by atoms with E-state index in [1.54, 1.807) is 0 Å². The molecule has 0 aromatic heterocycles. The first-order valence-electron chi connectivity index (χ1n) is 35.1. The molecule has 81 heavy (non-hydrogen) atoms. The normalized spacial score (nSPS) is 12.6. The third kappa shape index (κ3) is 67.3. The number of carbonyl (C=O) groups is 3. The fraction of sp³-hybridized carbons (Fsp3) is 0.773. The number of hydrogen-bond donors (Lipinski definition) is 0. The standard InChI is InChI=1S/C75H132O6/c1-4-7-10-13-16-19-22-25-28-30-32-33-34-35-36-37-38-39-40-41-42-43-44-46-47-50-53-56-59-62-65-68-74(77)80-71-72(70-79-73(76)67-64-61-58-55-52-49-27-24-21-18-15-12-9-6-3)81-75(78)69-66-63-60-57-54-51-48-45-31-29-26-23-20-17-14-11-8-5-2/h7,10,15-16,18-19,24-25,27-28,32-33,35-36,72H,4-6,8-9,11-14,17,20-23,26,29-31,34,37-71H2,1-3H3/b10-7-,18-15-,19-16-,27-24-,28-25-,33-32-,36-35-. The Balaban J connectivity index is 4.22. The van der Waals surface area contributed by atoms with Crippen molar-refractivity contribution in [2.24, 2.45) is 0 Å². The summed E-state index contributed by atoms with van der Waals surface area (Å²) in [5, 5.41) is 0. The van der Waals surface area contributed by atoms with Crippen LogP contribution < -0.4 is 0 Å². The van der Waals surface area contributed by atoms with E-state index in [1.807, 2.05) is 0 Å². The van der Waals surface area contributed by atoms with Gasteiger partial charge in [0, 0.05) is 19.3 Å². The second-order valence-electron chi connectivity index (χ2n) is 23.4. The third-order valence-corrected chi connectivity index (χ3v) is 15.4. The van der Waals surface area contributed by atoms with Crippen LogP contribution in [0.1, 0.15) is 355 Å². The SMILES string of the molecule is CC/C=C\C/C=C\C/C=C\C/C=C\C/C=C\CCCCCCCCCCCCCCCCCC(=O)OCC(COC(=O)CCCCCCC/C=C\C/C=C\CCCC)OC(=O)CCCCCCCCCCCCCCCCCCCC. The average molecular weight is 1130 g/mol. The smallest absolute Gasteiger partial charge is 0.306 e. The molecular formula is C75H132O6. The van der Waals surface area contributed by atoms with E-state index in [4.69, 9.17) is 14.2 Å².